The van der Waals surface area contributed by atoms with Crippen molar-refractivity contribution in [3.63, 3.8) is 0 Å². The standard InChI is InChI=1S/C18H21NO5S/c1-5-24-18(21)14(4)15-10-13(3)17(20)19(11-15)25(22,23)16-8-6-12(2)7-9-16/h6-11,14H,5H2,1-4H3. The average Bonchev–Trinajstić information content (AvgIpc) is 2.57. The molecular weight excluding hydrogens is 342 g/mol. The highest BCUT2D eigenvalue weighted by Crippen LogP contribution is 2.19. The summed E-state index contributed by atoms with van der Waals surface area (Å²) < 4.78 is 31.3. The Kier molecular flexibility index (Phi) is 5.47. The molecule has 0 N–H and O–H groups in total. The number of carbonyl (C=O) groups excluding carboxylic acids is 1. The van der Waals surface area contributed by atoms with Crippen LogP contribution in [0.1, 0.15) is 36.5 Å². The van der Waals surface area contributed by atoms with Crippen molar-refractivity contribution >= 4 is 16.0 Å². The number of benzene rings is 1. The number of hydrogen-bond donors (Lipinski definition) is 0. The van der Waals surface area contributed by atoms with Gasteiger partial charge in [0.15, 0.2) is 0 Å². The van der Waals surface area contributed by atoms with Crippen LogP contribution < -0.4 is 5.56 Å². The van der Waals surface area contributed by atoms with Crippen LogP contribution in [0.4, 0.5) is 0 Å². The van der Waals surface area contributed by atoms with Gasteiger partial charge in [0.05, 0.1) is 17.4 Å². The SMILES string of the molecule is CCOC(=O)C(C)c1cc(C)c(=O)n(S(=O)(=O)c2ccc(C)cc2)c1. The van der Waals surface area contributed by atoms with E-state index >= 15 is 0 Å². The zero-order chi connectivity index (χ0) is 18.8. The van der Waals surface area contributed by atoms with Gasteiger partial charge in [-0.1, -0.05) is 17.7 Å². The van der Waals surface area contributed by atoms with Crippen molar-refractivity contribution < 1.29 is 17.9 Å². The Morgan fingerprint density at radius 3 is 2.36 bits per heavy atom. The number of rotatable bonds is 5. The topological polar surface area (TPSA) is 82.4 Å². The first kappa shape index (κ1) is 18.9. The van der Waals surface area contributed by atoms with Crippen molar-refractivity contribution in [2.75, 3.05) is 6.61 Å². The first-order valence-electron chi connectivity index (χ1n) is 7.90. The van der Waals surface area contributed by atoms with E-state index in [4.69, 9.17) is 4.74 Å². The molecule has 1 atom stereocenters. The lowest BCUT2D eigenvalue weighted by atomic mass is 10.0. The second kappa shape index (κ2) is 7.23. The minimum atomic E-state index is -4.05. The summed E-state index contributed by atoms with van der Waals surface area (Å²) >= 11 is 0. The molecule has 25 heavy (non-hydrogen) atoms. The second-order valence-electron chi connectivity index (χ2n) is 5.85. The Balaban J connectivity index is 2.59. The van der Waals surface area contributed by atoms with Crippen LogP contribution in [-0.4, -0.2) is 25.0 Å². The summed E-state index contributed by atoms with van der Waals surface area (Å²) in [5.41, 5.74) is 0.920. The highest BCUT2D eigenvalue weighted by Gasteiger charge is 2.23. The van der Waals surface area contributed by atoms with Crippen LogP contribution in [0.15, 0.2) is 46.2 Å². The normalized spacial score (nSPS) is 12.6. The van der Waals surface area contributed by atoms with Crippen molar-refractivity contribution in [3.05, 3.63) is 63.6 Å². The van der Waals surface area contributed by atoms with E-state index in [1.807, 2.05) is 6.92 Å². The highest BCUT2D eigenvalue weighted by atomic mass is 32.2. The van der Waals surface area contributed by atoms with Gasteiger partial charge in [-0.05, 0) is 51.5 Å². The predicted molar refractivity (Wildman–Crippen MR) is 94.2 cm³/mol. The Labute approximate surface area is 147 Å². The zero-order valence-corrected chi connectivity index (χ0v) is 15.5. The molecule has 2 aromatic rings. The molecule has 2 rings (SSSR count). The van der Waals surface area contributed by atoms with Crippen LogP contribution >= 0.6 is 0 Å². The third kappa shape index (κ3) is 3.82. The van der Waals surface area contributed by atoms with Crippen molar-refractivity contribution in [1.29, 1.82) is 0 Å². The lowest BCUT2D eigenvalue weighted by molar-refractivity contribution is -0.144. The summed E-state index contributed by atoms with van der Waals surface area (Å²) in [6, 6.07) is 7.75. The van der Waals surface area contributed by atoms with Gasteiger partial charge in [-0.15, -0.1) is 0 Å². The van der Waals surface area contributed by atoms with Gasteiger partial charge in [-0.3, -0.25) is 9.59 Å². The van der Waals surface area contributed by atoms with E-state index in [9.17, 15) is 18.0 Å². The monoisotopic (exact) mass is 363 g/mol. The fourth-order valence-corrected chi connectivity index (χ4v) is 3.69. The number of ether oxygens (including phenoxy) is 1. The number of pyridine rings is 1. The number of carbonyl (C=O) groups is 1. The quantitative estimate of drug-likeness (QED) is 0.762. The third-order valence-electron chi connectivity index (χ3n) is 3.90. The molecule has 7 heteroatoms. The summed E-state index contributed by atoms with van der Waals surface area (Å²) in [6.07, 6.45) is 1.20. The van der Waals surface area contributed by atoms with E-state index in [0.717, 1.165) is 5.56 Å². The molecule has 0 aliphatic carbocycles. The van der Waals surface area contributed by atoms with Crippen LogP contribution in [0, 0.1) is 13.8 Å². The van der Waals surface area contributed by atoms with Gasteiger partial charge in [0, 0.05) is 11.8 Å². The summed E-state index contributed by atoms with van der Waals surface area (Å²) in [7, 11) is -4.05. The molecule has 1 aromatic carbocycles. The molecule has 134 valence electrons. The summed E-state index contributed by atoms with van der Waals surface area (Å²) in [4.78, 5) is 24.4. The molecule has 0 saturated heterocycles. The smallest absolute Gasteiger partial charge is 0.313 e. The van der Waals surface area contributed by atoms with Crippen LogP contribution in [0.3, 0.4) is 0 Å². The van der Waals surface area contributed by atoms with E-state index in [-0.39, 0.29) is 17.1 Å². The Morgan fingerprint density at radius 2 is 1.80 bits per heavy atom. The lowest BCUT2D eigenvalue weighted by Gasteiger charge is -2.15. The summed E-state index contributed by atoms with van der Waals surface area (Å²) in [6.45, 7) is 6.89. The number of aromatic nitrogens is 1. The highest BCUT2D eigenvalue weighted by molar-refractivity contribution is 7.90. The van der Waals surface area contributed by atoms with Crippen LogP contribution in [0.25, 0.3) is 0 Å². The Bertz CT molecular complexity index is 942. The first-order valence-corrected chi connectivity index (χ1v) is 9.34. The molecule has 1 aromatic heterocycles. The van der Waals surface area contributed by atoms with Crippen LogP contribution in [-0.2, 0) is 19.6 Å². The largest absolute Gasteiger partial charge is 0.466 e. The summed E-state index contributed by atoms with van der Waals surface area (Å²) in [5.74, 6) is -1.15. The molecule has 0 saturated carbocycles. The molecule has 1 heterocycles. The number of nitrogens with zero attached hydrogens (tertiary/aromatic N) is 1. The van der Waals surface area contributed by atoms with Crippen molar-refractivity contribution in [3.8, 4) is 0 Å². The Morgan fingerprint density at radius 1 is 1.20 bits per heavy atom. The van der Waals surface area contributed by atoms with Crippen LogP contribution in [0.2, 0.25) is 0 Å². The number of aryl methyl sites for hydroxylation is 2. The summed E-state index contributed by atoms with van der Waals surface area (Å²) in [5, 5.41) is 0. The zero-order valence-electron chi connectivity index (χ0n) is 14.6. The van der Waals surface area contributed by atoms with Gasteiger partial charge in [0.1, 0.15) is 0 Å². The fourth-order valence-electron chi connectivity index (χ4n) is 2.36. The van der Waals surface area contributed by atoms with E-state index in [1.54, 1.807) is 26.0 Å². The fraction of sp³-hybridized carbons (Fsp3) is 0.333. The second-order valence-corrected chi connectivity index (χ2v) is 7.66. The maximum Gasteiger partial charge on any atom is 0.313 e. The molecule has 0 fully saturated rings. The van der Waals surface area contributed by atoms with E-state index in [1.165, 1.54) is 31.3 Å². The third-order valence-corrected chi connectivity index (χ3v) is 5.56. The molecular formula is C18H21NO5S. The van der Waals surface area contributed by atoms with Gasteiger partial charge in [0.25, 0.3) is 15.6 Å². The van der Waals surface area contributed by atoms with Gasteiger partial charge in [0.2, 0.25) is 0 Å². The van der Waals surface area contributed by atoms with Crippen molar-refractivity contribution in [1.82, 2.24) is 3.97 Å². The minimum Gasteiger partial charge on any atom is -0.466 e. The van der Waals surface area contributed by atoms with Gasteiger partial charge < -0.3 is 4.74 Å². The predicted octanol–water partition coefficient (Wildman–Crippen LogP) is 2.37. The lowest BCUT2D eigenvalue weighted by Crippen LogP contribution is -2.30. The number of hydrogen-bond acceptors (Lipinski definition) is 5. The van der Waals surface area contributed by atoms with Crippen molar-refractivity contribution in [2.24, 2.45) is 0 Å². The molecule has 0 aliphatic rings. The van der Waals surface area contributed by atoms with Crippen LogP contribution in [0.5, 0.6) is 0 Å². The molecule has 1 unspecified atom stereocenters. The minimum absolute atomic E-state index is 0.0144. The van der Waals surface area contributed by atoms with E-state index in [2.05, 4.69) is 0 Å². The molecule has 6 nitrogen and oxygen atoms in total. The average molecular weight is 363 g/mol. The maximum absolute atomic E-state index is 12.8. The maximum atomic E-state index is 12.8. The van der Waals surface area contributed by atoms with E-state index < -0.39 is 27.5 Å². The Hall–Kier alpha value is -2.41. The molecule has 0 bridgehead atoms. The first-order chi connectivity index (χ1) is 11.7. The molecule has 0 spiro atoms. The van der Waals surface area contributed by atoms with Crippen molar-refractivity contribution in [2.45, 2.75) is 38.5 Å². The molecule has 0 amide bonds. The van der Waals surface area contributed by atoms with Gasteiger partial charge in [-0.2, -0.15) is 0 Å². The molecule has 0 radical (unpaired) electrons. The van der Waals surface area contributed by atoms with E-state index in [0.29, 0.717) is 9.54 Å². The molecule has 0 aliphatic heterocycles. The van der Waals surface area contributed by atoms with Gasteiger partial charge in [-0.25, -0.2) is 12.4 Å². The van der Waals surface area contributed by atoms with Gasteiger partial charge >= 0.3 is 5.97 Å². The number of esters is 1.